The van der Waals surface area contributed by atoms with Crippen LogP contribution < -0.4 is 0 Å². The molecule has 2 fully saturated rings. The molecule has 0 aromatic rings. The number of ether oxygens (including phenoxy) is 1. The molecule has 1 N–H and O–H groups in total. The third kappa shape index (κ3) is 2.52. The van der Waals surface area contributed by atoms with Crippen LogP contribution in [0.15, 0.2) is 0 Å². The SMILES string of the molecule is CC1CN(C2CCCCC2O)C(C)CO1. The Morgan fingerprint density at radius 2 is 1.93 bits per heavy atom. The van der Waals surface area contributed by atoms with Crippen LogP contribution in [-0.2, 0) is 4.74 Å². The molecule has 3 heteroatoms. The van der Waals surface area contributed by atoms with Crippen molar-refractivity contribution < 1.29 is 9.84 Å². The molecule has 4 unspecified atom stereocenters. The lowest BCUT2D eigenvalue weighted by Gasteiger charge is -2.45. The molecular weight excluding hydrogens is 190 g/mol. The summed E-state index contributed by atoms with van der Waals surface area (Å²) in [6.45, 7) is 6.11. The standard InChI is InChI=1S/C12H23NO2/c1-9-8-15-10(2)7-13(9)11-5-3-4-6-12(11)14/h9-12,14H,3-8H2,1-2H3. The highest BCUT2D eigenvalue weighted by Crippen LogP contribution is 2.26. The number of aliphatic hydroxyl groups excluding tert-OH is 1. The summed E-state index contributed by atoms with van der Waals surface area (Å²) in [5.41, 5.74) is 0. The third-order valence-corrected chi connectivity index (χ3v) is 3.78. The van der Waals surface area contributed by atoms with E-state index in [2.05, 4.69) is 18.7 Å². The minimum Gasteiger partial charge on any atom is -0.391 e. The van der Waals surface area contributed by atoms with E-state index in [1.165, 1.54) is 12.8 Å². The molecule has 4 atom stereocenters. The van der Waals surface area contributed by atoms with Gasteiger partial charge in [0.05, 0.1) is 18.8 Å². The molecule has 2 rings (SSSR count). The molecule has 0 radical (unpaired) electrons. The summed E-state index contributed by atoms with van der Waals surface area (Å²) < 4.78 is 5.62. The van der Waals surface area contributed by atoms with E-state index < -0.39 is 0 Å². The van der Waals surface area contributed by atoms with Gasteiger partial charge in [0.2, 0.25) is 0 Å². The van der Waals surface area contributed by atoms with Gasteiger partial charge in [0.25, 0.3) is 0 Å². The lowest BCUT2D eigenvalue weighted by molar-refractivity contribution is -0.0947. The van der Waals surface area contributed by atoms with Crippen LogP contribution in [0.4, 0.5) is 0 Å². The van der Waals surface area contributed by atoms with Gasteiger partial charge in [-0.1, -0.05) is 12.8 Å². The topological polar surface area (TPSA) is 32.7 Å². The zero-order valence-electron chi connectivity index (χ0n) is 9.85. The molecule has 1 heterocycles. The second-order valence-electron chi connectivity index (χ2n) is 5.11. The normalized spacial score (nSPS) is 44.2. The van der Waals surface area contributed by atoms with Crippen LogP contribution in [0.25, 0.3) is 0 Å². The van der Waals surface area contributed by atoms with E-state index in [4.69, 9.17) is 4.74 Å². The maximum Gasteiger partial charge on any atom is 0.0695 e. The Hall–Kier alpha value is -0.120. The maximum absolute atomic E-state index is 10.0. The number of hydrogen-bond acceptors (Lipinski definition) is 3. The number of hydrogen-bond donors (Lipinski definition) is 1. The fraction of sp³-hybridized carbons (Fsp3) is 1.00. The average Bonchev–Trinajstić information content (AvgIpc) is 2.23. The Morgan fingerprint density at radius 3 is 2.67 bits per heavy atom. The molecule has 0 spiro atoms. The molecule has 88 valence electrons. The first-order valence-corrected chi connectivity index (χ1v) is 6.24. The molecular formula is C12H23NO2. The Morgan fingerprint density at radius 1 is 1.20 bits per heavy atom. The van der Waals surface area contributed by atoms with Gasteiger partial charge in [-0.25, -0.2) is 0 Å². The first-order valence-electron chi connectivity index (χ1n) is 6.24. The molecule has 1 aliphatic heterocycles. The molecule has 0 amide bonds. The van der Waals surface area contributed by atoms with Crippen LogP contribution >= 0.6 is 0 Å². The number of aliphatic hydroxyl groups is 1. The average molecular weight is 213 g/mol. The predicted molar refractivity (Wildman–Crippen MR) is 59.8 cm³/mol. The summed E-state index contributed by atoms with van der Waals surface area (Å²) >= 11 is 0. The van der Waals surface area contributed by atoms with Gasteiger partial charge >= 0.3 is 0 Å². The summed E-state index contributed by atoms with van der Waals surface area (Å²) in [7, 11) is 0. The van der Waals surface area contributed by atoms with E-state index in [9.17, 15) is 5.11 Å². The summed E-state index contributed by atoms with van der Waals surface area (Å²) in [6.07, 6.45) is 4.77. The minimum absolute atomic E-state index is 0.119. The summed E-state index contributed by atoms with van der Waals surface area (Å²) in [5, 5.41) is 10.0. The van der Waals surface area contributed by atoms with Gasteiger partial charge in [0.15, 0.2) is 0 Å². The smallest absolute Gasteiger partial charge is 0.0695 e. The van der Waals surface area contributed by atoms with E-state index >= 15 is 0 Å². The third-order valence-electron chi connectivity index (χ3n) is 3.78. The quantitative estimate of drug-likeness (QED) is 0.714. The Bertz CT molecular complexity index is 210. The molecule has 0 aromatic carbocycles. The zero-order valence-corrected chi connectivity index (χ0v) is 9.85. The lowest BCUT2D eigenvalue weighted by Crippen LogP contribution is -2.56. The number of morpholine rings is 1. The van der Waals surface area contributed by atoms with Crippen molar-refractivity contribution in [3.8, 4) is 0 Å². The van der Waals surface area contributed by atoms with Crippen LogP contribution in [0.5, 0.6) is 0 Å². The van der Waals surface area contributed by atoms with Gasteiger partial charge in [-0.2, -0.15) is 0 Å². The number of rotatable bonds is 1. The van der Waals surface area contributed by atoms with Crippen LogP contribution in [0.3, 0.4) is 0 Å². The van der Waals surface area contributed by atoms with E-state index in [1.54, 1.807) is 0 Å². The molecule has 0 aromatic heterocycles. The van der Waals surface area contributed by atoms with Crippen molar-refractivity contribution in [3.05, 3.63) is 0 Å². The monoisotopic (exact) mass is 213 g/mol. The second kappa shape index (κ2) is 4.81. The van der Waals surface area contributed by atoms with Crippen LogP contribution in [0.2, 0.25) is 0 Å². The van der Waals surface area contributed by atoms with Crippen molar-refractivity contribution in [3.63, 3.8) is 0 Å². The lowest BCUT2D eigenvalue weighted by atomic mass is 9.90. The highest BCUT2D eigenvalue weighted by atomic mass is 16.5. The van der Waals surface area contributed by atoms with E-state index in [0.29, 0.717) is 18.2 Å². The largest absolute Gasteiger partial charge is 0.391 e. The first kappa shape index (κ1) is 11.4. The van der Waals surface area contributed by atoms with Gasteiger partial charge in [0, 0.05) is 18.6 Å². The molecule has 1 aliphatic carbocycles. The van der Waals surface area contributed by atoms with Crippen molar-refractivity contribution in [2.75, 3.05) is 13.2 Å². The predicted octanol–water partition coefficient (Wildman–Crippen LogP) is 1.40. The van der Waals surface area contributed by atoms with Crippen molar-refractivity contribution in [2.24, 2.45) is 0 Å². The van der Waals surface area contributed by atoms with E-state index in [1.807, 2.05) is 0 Å². The Kier molecular flexibility index (Phi) is 3.65. The zero-order chi connectivity index (χ0) is 10.8. The number of nitrogens with zero attached hydrogens (tertiary/aromatic N) is 1. The molecule has 15 heavy (non-hydrogen) atoms. The first-order chi connectivity index (χ1) is 7.18. The van der Waals surface area contributed by atoms with Crippen molar-refractivity contribution in [1.29, 1.82) is 0 Å². The summed E-state index contributed by atoms with van der Waals surface area (Å²) in [5.74, 6) is 0. The van der Waals surface area contributed by atoms with Crippen LogP contribution in [-0.4, -0.2) is 47.4 Å². The van der Waals surface area contributed by atoms with Gasteiger partial charge in [-0.05, 0) is 26.7 Å². The minimum atomic E-state index is -0.119. The van der Waals surface area contributed by atoms with Crippen molar-refractivity contribution >= 4 is 0 Å². The van der Waals surface area contributed by atoms with E-state index in [0.717, 1.165) is 26.0 Å². The fourth-order valence-corrected chi connectivity index (χ4v) is 2.87. The molecule has 1 saturated heterocycles. The van der Waals surface area contributed by atoms with Crippen LogP contribution in [0.1, 0.15) is 39.5 Å². The van der Waals surface area contributed by atoms with Gasteiger partial charge in [-0.15, -0.1) is 0 Å². The molecule has 1 saturated carbocycles. The molecule has 2 aliphatic rings. The second-order valence-corrected chi connectivity index (χ2v) is 5.11. The molecule has 3 nitrogen and oxygen atoms in total. The Labute approximate surface area is 92.4 Å². The fourth-order valence-electron chi connectivity index (χ4n) is 2.87. The summed E-state index contributed by atoms with van der Waals surface area (Å²) in [6, 6.07) is 0.832. The highest BCUT2D eigenvalue weighted by molar-refractivity contribution is 4.88. The van der Waals surface area contributed by atoms with E-state index in [-0.39, 0.29) is 6.10 Å². The summed E-state index contributed by atoms with van der Waals surface area (Å²) in [4.78, 5) is 2.46. The van der Waals surface area contributed by atoms with Gasteiger partial charge in [0.1, 0.15) is 0 Å². The van der Waals surface area contributed by atoms with Crippen LogP contribution in [0, 0.1) is 0 Å². The van der Waals surface area contributed by atoms with Crippen molar-refractivity contribution in [1.82, 2.24) is 4.90 Å². The Balaban J connectivity index is 1.99. The highest BCUT2D eigenvalue weighted by Gasteiger charge is 2.34. The van der Waals surface area contributed by atoms with Gasteiger partial charge < -0.3 is 9.84 Å². The van der Waals surface area contributed by atoms with Gasteiger partial charge in [-0.3, -0.25) is 4.90 Å². The maximum atomic E-state index is 10.0. The van der Waals surface area contributed by atoms with Crippen molar-refractivity contribution in [2.45, 2.75) is 63.8 Å². The molecule has 0 bridgehead atoms.